The lowest BCUT2D eigenvalue weighted by Gasteiger charge is -2.48. The zero-order chi connectivity index (χ0) is 43.8. The third-order valence-corrected chi connectivity index (χ3v) is 16.1. The molecular weight excluding hydrogens is 831 g/mol. The molecule has 64 heavy (non-hydrogen) atoms. The summed E-state index contributed by atoms with van der Waals surface area (Å²) in [6.45, 7) is 4.68. The molecule has 336 valence electrons. The van der Waals surface area contributed by atoms with Crippen molar-refractivity contribution >= 4 is 44.0 Å². The lowest BCUT2D eigenvalue weighted by molar-refractivity contribution is -0.384. The fourth-order valence-corrected chi connectivity index (χ4v) is 11.9. The Bertz CT molecular complexity index is 2620. The third kappa shape index (κ3) is 8.94. The first-order valence-corrected chi connectivity index (χ1v) is 24.6. The summed E-state index contributed by atoms with van der Waals surface area (Å²) in [4.78, 5) is 37.8. The molecule has 0 bridgehead atoms. The fraction of sp³-hybridized carbons (Fsp3) is 0.469. The van der Waals surface area contributed by atoms with Gasteiger partial charge < -0.3 is 24.7 Å². The number of nitrogens with one attached hydrogen (secondary N) is 3. The van der Waals surface area contributed by atoms with Gasteiger partial charge in [0.15, 0.2) is 0 Å². The summed E-state index contributed by atoms with van der Waals surface area (Å²) in [5.74, 6) is 0.669. The molecule has 5 aromatic rings. The van der Waals surface area contributed by atoms with Crippen molar-refractivity contribution in [2.45, 2.75) is 99.9 Å². The van der Waals surface area contributed by atoms with E-state index >= 15 is 0 Å². The minimum atomic E-state index is -4.54. The number of nitro benzene ring substituents is 1. The number of pyridine rings is 1. The standard InChI is InChI=1S/C49H57N7O7S/c57-48(53-64(60,61)39-10-12-43(45(30-39)56(58)59)51-31-33-16-26-62-27-17-33)42-11-9-37(29-46(42)63-38-28-35-15-22-50-47(35)52-32-38)54-24-20-49(21-25-54)18-13-36(14-19-49)55-23-3-6-44(55)41-5-2-1-4-40(41)34-7-8-34/h1-2,4-5,9-12,15,22,28-30,32-34,36,44,51H,3,6-8,13-14,16-21,23-27,31H2,(H,50,52)(H,53,57)/t44-/m1/s1. The smallest absolute Gasteiger partial charge is 0.293 e. The Morgan fingerprint density at radius 2 is 1.69 bits per heavy atom. The molecular formula is C49H57N7O7S. The normalized spacial score (nSPS) is 21.0. The van der Waals surface area contributed by atoms with Crippen LogP contribution in [0.3, 0.4) is 0 Å². The topological polar surface area (TPSA) is 172 Å². The highest BCUT2D eigenvalue weighted by Gasteiger charge is 2.42. The second kappa shape index (κ2) is 17.8. The number of hydrogen-bond acceptors (Lipinski definition) is 11. The number of carbonyl (C=O) groups is 1. The number of amides is 1. The van der Waals surface area contributed by atoms with Crippen molar-refractivity contribution in [1.82, 2.24) is 19.6 Å². The number of piperidine rings is 1. The van der Waals surface area contributed by atoms with Crippen molar-refractivity contribution in [2.75, 3.05) is 49.6 Å². The summed E-state index contributed by atoms with van der Waals surface area (Å²) < 4.78 is 41.4. The van der Waals surface area contributed by atoms with Crippen molar-refractivity contribution in [2.24, 2.45) is 11.3 Å². The van der Waals surface area contributed by atoms with E-state index in [0.717, 1.165) is 61.8 Å². The zero-order valence-electron chi connectivity index (χ0n) is 36.2. The van der Waals surface area contributed by atoms with Gasteiger partial charge >= 0.3 is 0 Å². The van der Waals surface area contributed by atoms with Crippen LogP contribution in [-0.4, -0.2) is 79.6 Å². The Hall–Kier alpha value is -5.51. The van der Waals surface area contributed by atoms with Gasteiger partial charge in [0.05, 0.1) is 21.6 Å². The van der Waals surface area contributed by atoms with Crippen LogP contribution in [0.25, 0.3) is 11.0 Å². The minimum absolute atomic E-state index is 0.00230. The average molecular weight is 888 g/mol. The predicted molar refractivity (Wildman–Crippen MR) is 246 cm³/mol. The molecule has 1 atom stereocenters. The summed E-state index contributed by atoms with van der Waals surface area (Å²) in [5.41, 5.74) is 4.85. The molecule has 2 aliphatic carbocycles. The number of fused-ring (bicyclic) bond motifs is 1. The lowest BCUT2D eigenvalue weighted by Crippen LogP contribution is -2.45. The van der Waals surface area contributed by atoms with Gasteiger partial charge in [-0.3, -0.25) is 19.8 Å². The van der Waals surface area contributed by atoms with Crippen molar-refractivity contribution in [3.8, 4) is 11.5 Å². The summed E-state index contributed by atoms with van der Waals surface area (Å²) in [6, 6.07) is 22.9. The van der Waals surface area contributed by atoms with E-state index < -0.39 is 31.4 Å². The summed E-state index contributed by atoms with van der Waals surface area (Å²) in [5, 5.41) is 16.0. The monoisotopic (exact) mass is 887 g/mol. The molecule has 1 spiro atoms. The molecule has 5 fully saturated rings. The van der Waals surface area contributed by atoms with Gasteiger partial charge in [0.1, 0.15) is 22.8 Å². The largest absolute Gasteiger partial charge is 0.455 e. The molecule has 2 aromatic heterocycles. The molecule has 14 nitrogen and oxygen atoms in total. The number of sulfonamides is 1. The van der Waals surface area contributed by atoms with Gasteiger partial charge in [-0.25, -0.2) is 18.1 Å². The van der Waals surface area contributed by atoms with E-state index in [2.05, 4.69) is 54.1 Å². The maximum absolute atomic E-state index is 14.0. The van der Waals surface area contributed by atoms with Crippen LogP contribution in [0.1, 0.15) is 110 Å². The van der Waals surface area contributed by atoms with E-state index in [1.165, 1.54) is 70.0 Å². The highest BCUT2D eigenvalue weighted by atomic mass is 32.2. The number of hydrogen-bond donors (Lipinski definition) is 3. The fourth-order valence-electron chi connectivity index (χ4n) is 10.9. The van der Waals surface area contributed by atoms with Gasteiger partial charge in [0, 0.05) is 74.3 Å². The van der Waals surface area contributed by atoms with Gasteiger partial charge in [-0.2, -0.15) is 0 Å². The van der Waals surface area contributed by atoms with Crippen molar-refractivity contribution < 1.29 is 27.6 Å². The molecule has 3 saturated heterocycles. The minimum Gasteiger partial charge on any atom is -0.455 e. The van der Waals surface area contributed by atoms with E-state index in [-0.39, 0.29) is 22.9 Å². The second-order valence-corrected chi connectivity index (χ2v) is 20.4. The van der Waals surface area contributed by atoms with Gasteiger partial charge in [0.25, 0.3) is 21.6 Å². The Balaban J connectivity index is 0.831. The van der Waals surface area contributed by atoms with E-state index in [9.17, 15) is 23.3 Å². The highest BCUT2D eigenvalue weighted by Crippen LogP contribution is 2.50. The van der Waals surface area contributed by atoms with Crippen LogP contribution in [-0.2, 0) is 14.8 Å². The van der Waals surface area contributed by atoms with E-state index in [4.69, 9.17) is 9.47 Å². The van der Waals surface area contributed by atoms with Crippen LogP contribution >= 0.6 is 0 Å². The van der Waals surface area contributed by atoms with E-state index in [1.54, 1.807) is 41.7 Å². The Labute approximate surface area is 374 Å². The molecule has 5 aliphatic rings. The number of nitro groups is 1. The first-order chi connectivity index (χ1) is 31.1. The van der Waals surface area contributed by atoms with Crippen LogP contribution in [0.2, 0.25) is 0 Å². The number of benzene rings is 3. The molecule has 3 N–H and O–H groups in total. The molecule has 2 saturated carbocycles. The first-order valence-electron chi connectivity index (χ1n) is 23.1. The number of nitrogens with zero attached hydrogens (tertiary/aromatic N) is 4. The number of aromatic amines is 1. The molecule has 1 amide bonds. The Kier molecular flexibility index (Phi) is 11.8. The van der Waals surface area contributed by atoms with Crippen LogP contribution in [0.15, 0.2) is 90.1 Å². The van der Waals surface area contributed by atoms with E-state index in [0.29, 0.717) is 48.7 Å². The van der Waals surface area contributed by atoms with Gasteiger partial charge in [0.2, 0.25) is 0 Å². The summed E-state index contributed by atoms with van der Waals surface area (Å²) >= 11 is 0. The average Bonchev–Trinajstić information content (AvgIpc) is 3.85. The van der Waals surface area contributed by atoms with Crippen LogP contribution in [0.4, 0.5) is 17.1 Å². The van der Waals surface area contributed by atoms with Crippen LogP contribution < -0.4 is 19.7 Å². The quantitative estimate of drug-likeness (QED) is 0.0760. The van der Waals surface area contributed by atoms with Crippen LogP contribution in [0.5, 0.6) is 11.5 Å². The lowest BCUT2D eigenvalue weighted by atomic mass is 9.66. The molecule has 3 aliphatic heterocycles. The van der Waals surface area contributed by atoms with Gasteiger partial charge in [-0.05, 0) is 148 Å². The maximum Gasteiger partial charge on any atom is 0.293 e. The second-order valence-electron chi connectivity index (χ2n) is 18.7. The number of likely N-dealkylation sites (tertiary alicyclic amines) is 1. The first kappa shape index (κ1) is 42.4. The zero-order valence-corrected chi connectivity index (χ0v) is 37.0. The van der Waals surface area contributed by atoms with E-state index in [1.807, 2.05) is 12.1 Å². The van der Waals surface area contributed by atoms with Gasteiger partial charge in [-0.1, -0.05) is 24.3 Å². The Morgan fingerprint density at radius 1 is 0.906 bits per heavy atom. The number of ether oxygens (including phenoxy) is 2. The number of aromatic nitrogens is 2. The van der Waals surface area contributed by atoms with Gasteiger partial charge in [-0.15, -0.1) is 0 Å². The molecule has 0 radical (unpaired) electrons. The number of anilines is 2. The summed E-state index contributed by atoms with van der Waals surface area (Å²) in [7, 11) is -4.54. The number of H-pyrrole nitrogens is 1. The third-order valence-electron chi connectivity index (χ3n) is 14.8. The maximum atomic E-state index is 14.0. The van der Waals surface area contributed by atoms with Crippen molar-refractivity contribution in [1.29, 1.82) is 0 Å². The number of carbonyl (C=O) groups excluding carboxylic acids is 1. The molecule has 15 heteroatoms. The predicted octanol–water partition coefficient (Wildman–Crippen LogP) is 9.46. The van der Waals surface area contributed by atoms with Crippen molar-refractivity contribution in [3.63, 3.8) is 0 Å². The summed E-state index contributed by atoms with van der Waals surface area (Å²) in [6.07, 6.45) is 17.3. The Morgan fingerprint density at radius 3 is 2.45 bits per heavy atom. The van der Waals surface area contributed by atoms with Crippen molar-refractivity contribution in [3.05, 3.63) is 112 Å². The van der Waals surface area contributed by atoms with Crippen LogP contribution in [0, 0.1) is 21.4 Å². The highest BCUT2D eigenvalue weighted by molar-refractivity contribution is 7.90. The molecule has 10 rings (SSSR count). The SMILES string of the molecule is O=C(NS(=O)(=O)c1ccc(NCC2CCOCC2)c([N+](=O)[O-])c1)c1ccc(N2CCC3(CCC(N4CCC[C@@H]4c4ccccc4C4CC4)CC3)CC2)cc1Oc1cnc2[nH]ccc2c1. The number of rotatable bonds is 13. The molecule has 0 unspecified atom stereocenters. The molecule has 3 aromatic carbocycles. The molecule has 5 heterocycles.